The van der Waals surface area contributed by atoms with Gasteiger partial charge >= 0.3 is 6.09 Å². The highest BCUT2D eigenvalue weighted by atomic mass is 16.6. The van der Waals surface area contributed by atoms with Crippen LogP contribution in [0.2, 0.25) is 0 Å². The number of nitrogens with one attached hydrogen (secondary N) is 4. The summed E-state index contributed by atoms with van der Waals surface area (Å²) in [6.07, 6.45) is 4.24. The van der Waals surface area contributed by atoms with Gasteiger partial charge in [-0.25, -0.2) is 4.79 Å². The number of aliphatic hydroxyl groups is 1. The van der Waals surface area contributed by atoms with Gasteiger partial charge in [0.25, 0.3) is 5.91 Å². The van der Waals surface area contributed by atoms with Crippen LogP contribution in [-0.4, -0.2) is 78.5 Å². The molecule has 0 aromatic rings. The van der Waals surface area contributed by atoms with Gasteiger partial charge in [-0.15, -0.1) is 0 Å². The molecule has 3 atom stereocenters. The molecule has 2 aliphatic heterocycles. The Bertz CT molecular complexity index is 778. The number of aliphatic hydroxyl groups excluding tert-OH is 1. The summed E-state index contributed by atoms with van der Waals surface area (Å²) in [6, 6.07) is -1.62. The summed E-state index contributed by atoms with van der Waals surface area (Å²) in [5.41, 5.74) is -1.18. The smallest absolute Gasteiger partial charge is 0.408 e. The van der Waals surface area contributed by atoms with E-state index in [9.17, 15) is 24.3 Å². The molecule has 0 radical (unpaired) electrons. The van der Waals surface area contributed by atoms with Gasteiger partial charge in [-0.2, -0.15) is 0 Å². The predicted octanol–water partition coefficient (Wildman–Crippen LogP) is 0.881. The fourth-order valence-corrected chi connectivity index (χ4v) is 5.13. The second-order valence-corrected chi connectivity index (χ2v) is 10.5. The molecule has 0 aromatic heterocycles. The molecule has 0 spiro atoms. The van der Waals surface area contributed by atoms with Gasteiger partial charge in [0.15, 0.2) is 6.10 Å². The number of rotatable bonds is 8. The zero-order valence-electron chi connectivity index (χ0n) is 21.5. The molecule has 3 fully saturated rings. The lowest BCUT2D eigenvalue weighted by atomic mass is 9.80. The molecule has 3 rings (SSSR count). The third-order valence-electron chi connectivity index (χ3n) is 7.40. The molecule has 5 N–H and O–H groups in total. The third kappa shape index (κ3) is 7.55. The van der Waals surface area contributed by atoms with Crippen molar-refractivity contribution in [3.8, 4) is 0 Å². The minimum Gasteiger partial charge on any atom is -0.446 e. The maximum atomic E-state index is 13.6. The van der Waals surface area contributed by atoms with Crippen LogP contribution in [-0.2, 0) is 23.9 Å². The minimum absolute atomic E-state index is 0.252. The highest BCUT2D eigenvalue weighted by molar-refractivity contribution is 5.92. The fourth-order valence-electron chi connectivity index (χ4n) is 5.13. The van der Waals surface area contributed by atoms with Crippen molar-refractivity contribution >= 4 is 23.8 Å². The van der Waals surface area contributed by atoms with Crippen LogP contribution in [0.15, 0.2) is 0 Å². The highest BCUT2D eigenvalue weighted by Crippen LogP contribution is 2.29. The number of ether oxygens (including phenoxy) is 2. The van der Waals surface area contributed by atoms with E-state index in [4.69, 9.17) is 9.47 Å². The molecule has 0 aromatic carbocycles. The van der Waals surface area contributed by atoms with Crippen LogP contribution >= 0.6 is 0 Å². The lowest BCUT2D eigenvalue weighted by Gasteiger charge is -2.39. The molecule has 1 saturated carbocycles. The Labute approximate surface area is 212 Å². The van der Waals surface area contributed by atoms with Crippen LogP contribution < -0.4 is 21.3 Å². The molecule has 2 heterocycles. The van der Waals surface area contributed by atoms with E-state index < -0.39 is 41.6 Å². The van der Waals surface area contributed by atoms with Crippen molar-refractivity contribution in [2.75, 3.05) is 19.8 Å². The van der Waals surface area contributed by atoms with E-state index in [0.29, 0.717) is 51.9 Å². The second-order valence-electron chi connectivity index (χ2n) is 10.5. The lowest BCUT2D eigenvalue weighted by molar-refractivity contribution is -0.138. The van der Waals surface area contributed by atoms with Gasteiger partial charge in [-0.3, -0.25) is 14.4 Å². The molecule has 2 saturated heterocycles. The first kappa shape index (κ1) is 28.2. The normalized spacial score (nSPS) is 24.6. The number of alkyl carbamates (subject to hydrolysis) is 1. The Kier molecular flexibility index (Phi) is 10.4. The van der Waals surface area contributed by atoms with Crippen LogP contribution in [0.4, 0.5) is 4.79 Å². The molecule has 0 unspecified atom stereocenters. The monoisotopic (exact) mass is 510 g/mol. The summed E-state index contributed by atoms with van der Waals surface area (Å²) in [6.45, 7) is 5.20. The van der Waals surface area contributed by atoms with E-state index in [1.165, 1.54) is 0 Å². The van der Waals surface area contributed by atoms with Crippen molar-refractivity contribution in [2.24, 2.45) is 5.92 Å². The minimum atomic E-state index is -1.56. The molecule has 3 aliphatic rings. The summed E-state index contributed by atoms with van der Waals surface area (Å²) in [7, 11) is 0. The first-order valence-corrected chi connectivity index (χ1v) is 13.4. The van der Waals surface area contributed by atoms with Crippen LogP contribution in [0.1, 0.15) is 78.1 Å². The van der Waals surface area contributed by atoms with Crippen molar-refractivity contribution in [3.63, 3.8) is 0 Å². The van der Waals surface area contributed by atoms with Crippen LogP contribution in [0.3, 0.4) is 0 Å². The van der Waals surface area contributed by atoms with Gasteiger partial charge in [-0.05, 0) is 38.0 Å². The van der Waals surface area contributed by atoms with Crippen molar-refractivity contribution in [1.82, 2.24) is 21.3 Å². The second kappa shape index (κ2) is 13.2. The summed E-state index contributed by atoms with van der Waals surface area (Å²) >= 11 is 0. The average Bonchev–Trinajstić information content (AvgIpc) is 3.06. The van der Waals surface area contributed by atoms with Gasteiger partial charge in [0.2, 0.25) is 11.8 Å². The number of hydrogen-bond acceptors (Lipinski definition) is 7. The molecule has 4 amide bonds. The molecule has 36 heavy (non-hydrogen) atoms. The molecule has 204 valence electrons. The molecular formula is C25H42N4O7. The summed E-state index contributed by atoms with van der Waals surface area (Å²) < 4.78 is 10.9. The fraction of sp³-hybridized carbons (Fsp3) is 0.840. The van der Waals surface area contributed by atoms with Gasteiger partial charge in [-0.1, -0.05) is 33.1 Å². The Morgan fingerprint density at radius 3 is 2.42 bits per heavy atom. The number of amides is 4. The first-order valence-electron chi connectivity index (χ1n) is 13.4. The van der Waals surface area contributed by atoms with Gasteiger partial charge < -0.3 is 35.8 Å². The quantitative estimate of drug-likeness (QED) is 0.325. The molecule has 1 aliphatic carbocycles. The van der Waals surface area contributed by atoms with Crippen molar-refractivity contribution < 1.29 is 33.8 Å². The third-order valence-corrected chi connectivity index (χ3v) is 7.40. The topological polar surface area (TPSA) is 155 Å². The van der Waals surface area contributed by atoms with Crippen molar-refractivity contribution in [3.05, 3.63) is 0 Å². The largest absolute Gasteiger partial charge is 0.446 e. The SMILES string of the molecule is CC(C)[C@H](NC(=O)C1(NC(=O)OC2CCOCC2)CCCCC1)[C@H](O)C(=O)N[C@H]1CCCCNC1=O. The Morgan fingerprint density at radius 2 is 1.75 bits per heavy atom. The maximum Gasteiger partial charge on any atom is 0.408 e. The molecule has 11 heteroatoms. The Morgan fingerprint density at radius 1 is 1.06 bits per heavy atom. The van der Waals surface area contributed by atoms with E-state index in [-0.39, 0.29) is 17.9 Å². The molecular weight excluding hydrogens is 468 g/mol. The summed E-state index contributed by atoms with van der Waals surface area (Å²) in [4.78, 5) is 51.4. The Balaban J connectivity index is 1.65. The maximum absolute atomic E-state index is 13.6. The van der Waals surface area contributed by atoms with Gasteiger partial charge in [0, 0.05) is 19.4 Å². The van der Waals surface area contributed by atoms with E-state index in [1.54, 1.807) is 13.8 Å². The van der Waals surface area contributed by atoms with Gasteiger partial charge in [0.05, 0.1) is 19.3 Å². The van der Waals surface area contributed by atoms with Gasteiger partial charge in [0.1, 0.15) is 17.7 Å². The predicted molar refractivity (Wildman–Crippen MR) is 131 cm³/mol. The van der Waals surface area contributed by atoms with Crippen LogP contribution in [0.5, 0.6) is 0 Å². The first-order chi connectivity index (χ1) is 17.2. The zero-order valence-corrected chi connectivity index (χ0v) is 21.5. The van der Waals surface area contributed by atoms with E-state index >= 15 is 0 Å². The number of hydrogen-bond donors (Lipinski definition) is 5. The van der Waals surface area contributed by atoms with Crippen LogP contribution in [0.25, 0.3) is 0 Å². The standard InChI is InChI=1S/C25H42N4O7/c1-16(2)19(20(30)22(32)27-18-8-4-7-13-26-21(18)31)28-23(33)25(11-5-3-6-12-25)29-24(34)36-17-9-14-35-15-10-17/h16-20,30H,3-15H2,1-2H3,(H,26,31)(H,27,32)(H,28,33)(H,29,34)/t18-,19-,20-/m0/s1. The van der Waals surface area contributed by atoms with Crippen LogP contribution in [0, 0.1) is 5.92 Å². The lowest BCUT2D eigenvalue weighted by Crippen LogP contribution is -2.64. The zero-order chi connectivity index (χ0) is 26.1. The summed E-state index contributed by atoms with van der Waals surface area (Å²) in [5.74, 6) is -1.71. The van der Waals surface area contributed by atoms with E-state index in [2.05, 4.69) is 21.3 Å². The number of carbonyl (C=O) groups is 4. The van der Waals surface area contributed by atoms with Crippen molar-refractivity contribution in [2.45, 2.75) is 108 Å². The highest BCUT2D eigenvalue weighted by Gasteiger charge is 2.44. The Hall–Kier alpha value is -2.40. The van der Waals surface area contributed by atoms with E-state index in [0.717, 1.165) is 32.1 Å². The summed E-state index contributed by atoms with van der Waals surface area (Å²) in [5, 5.41) is 21.9. The molecule has 0 bridgehead atoms. The molecule has 11 nitrogen and oxygen atoms in total. The van der Waals surface area contributed by atoms with E-state index in [1.807, 2.05) is 0 Å². The van der Waals surface area contributed by atoms with Crippen molar-refractivity contribution in [1.29, 1.82) is 0 Å². The average molecular weight is 511 g/mol. The number of carbonyl (C=O) groups excluding carboxylic acids is 4.